The van der Waals surface area contributed by atoms with Crippen LogP contribution in [0.1, 0.15) is 13.8 Å². The predicted molar refractivity (Wildman–Crippen MR) is 110 cm³/mol. The van der Waals surface area contributed by atoms with Gasteiger partial charge in [-0.15, -0.1) is 44.3 Å². The smallest absolute Gasteiger partial charge is 0.392 e. The standard InChI is InChI=1S/C8H5Cl2F13OSi.C6H5Cl2F9OSi/c1-2-24-25(9,10)3(6(15,16)17,7(18,19)20)4(11,12)5(13,14)8(21,22)23;1-2-18-19(7,8)3(4(9,10)11,5(12,13)14)6(15,16)17/h2H2,1H3;2H2,1H3. The molecule has 0 saturated heterocycles. The first-order chi connectivity index (χ1) is 18.6. The number of hydrogen-bond acceptors (Lipinski definition) is 2. The van der Waals surface area contributed by atoms with Gasteiger partial charge in [-0.3, -0.25) is 0 Å². The zero-order valence-corrected chi connectivity index (χ0v) is 25.1. The summed E-state index contributed by atoms with van der Waals surface area (Å²) in [5.41, 5.74) is 0. The Morgan fingerprint density at radius 1 is 0.364 bits per heavy atom. The molecule has 0 aromatic carbocycles. The molecule has 0 aliphatic heterocycles. The molecule has 0 spiro atoms. The number of halogens is 26. The fraction of sp³-hybridized carbons (Fsp3) is 1.00. The molecule has 0 aliphatic rings. The highest BCUT2D eigenvalue weighted by Gasteiger charge is 2.99. The van der Waals surface area contributed by atoms with Crippen molar-refractivity contribution in [3.63, 3.8) is 0 Å². The zero-order chi connectivity index (χ0) is 36.8. The molecule has 0 saturated carbocycles. The third-order valence-electron chi connectivity index (χ3n) is 4.87. The van der Waals surface area contributed by atoms with E-state index in [1.165, 1.54) is 0 Å². The van der Waals surface area contributed by atoms with E-state index in [1.807, 2.05) is 0 Å². The van der Waals surface area contributed by atoms with Gasteiger partial charge in [0.15, 0.2) is 0 Å². The summed E-state index contributed by atoms with van der Waals surface area (Å²) >= 11 is 18.7. The van der Waals surface area contributed by atoms with Crippen LogP contribution >= 0.6 is 44.3 Å². The Kier molecular flexibility index (Phi) is 13.7. The molecular formula is C14H10Cl4F22O2Si2. The lowest BCUT2D eigenvalue weighted by Gasteiger charge is -2.48. The van der Waals surface area contributed by atoms with Gasteiger partial charge in [-0.25, -0.2) is 0 Å². The van der Waals surface area contributed by atoms with Gasteiger partial charge >= 0.3 is 62.8 Å². The van der Waals surface area contributed by atoms with Crippen LogP contribution in [0.3, 0.4) is 0 Å². The van der Waals surface area contributed by atoms with Crippen molar-refractivity contribution < 1.29 is 105 Å². The van der Waals surface area contributed by atoms with Crippen LogP contribution in [0.2, 0.25) is 10.1 Å². The first-order valence-corrected chi connectivity index (χ1v) is 17.7. The maximum atomic E-state index is 13.7. The fourth-order valence-electron chi connectivity index (χ4n) is 3.00. The molecule has 268 valence electrons. The maximum absolute atomic E-state index is 13.7. The predicted octanol–water partition coefficient (Wildman–Crippen LogP) is 11.0. The van der Waals surface area contributed by atoms with Crippen molar-refractivity contribution in [1.29, 1.82) is 0 Å². The van der Waals surface area contributed by atoms with Crippen molar-refractivity contribution in [3.05, 3.63) is 0 Å². The number of rotatable bonds is 8. The average molecular weight is 826 g/mol. The second-order valence-electron chi connectivity index (χ2n) is 7.53. The van der Waals surface area contributed by atoms with Crippen LogP contribution in [0.15, 0.2) is 0 Å². The molecule has 0 heterocycles. The van der Waals surface area contributed by atoms with Crippen LogP contribution in [-0.4, -0.2) is 76.0 Å². The molecule has 0 aliphatic carbocycles. The van der Waals surface area contributed by atoms with Gasteiger partial charge in [0.2, 0.25) is 0 Å². The quantitative estimate of drug-likeness (QED) is 0.138. The van der Waals surface area contributed by atoms with E-state index in [-0.39, 0.29) is 0 Å². The number of hydrogen-bond donors (Lipinski definition) is 0. The molecule has 0 amide bonds. The van der Waals surface area contributed by atoms with Crippen molar-refractivity contribution in [2.75, 3.05) is 13.2 Å². The summed E-state index contributed by atoms with van der Waals surface area (Å²) < 4.78 is 288. The largest absolute Gasteiger partial charge is 0.459 e. The summed E-state index contributed by atoms with van der Waals surface area (Å²) in [5.74, 6) is -15.7. The van der Waals surface area contributed by atoms with Crippen molar-refractivity contribution in [3.8, 4) is 0 Å². The van der Waals surface area contributed by atoms with Gasteiger partial charge < -0.3 is 8.85 Å². The SMILES string of the molecule is CCO[Si](Cl)(Cl)C(C(F)(F)F)(C(F)(F)F)C(F)(F)C(F)(F)C(F)(F)F.CCO[Si](Cl)(Cl)C(C(F)(F)F)(C(F)(F)F)C(F)(F)F. The van der Waals surface area contributed by atoms with E-state index in [9.17, 15) is 96.6 Å². The van der Waals surface area contributed by atoms with Crippen LogP contribution in [0.25, 0.3) is 0 Å². The molecule has 0 unspecified atom stereocenters. The zero-order valence-electron chi connectivity index (χ0n) is 20.1. The molecule has 0 radical (unpaired) electrons. The van der Waals surface area contributed by atoms with Crippen molar-refractivity contribution >= 4 is 58.2 Å². The monoisotopic (exact) mass is 824 g/mol. The van der Waals surface area contributed by atoms with E-state index in [0.717, 1.165) is 6.92 Å². The normalized spacial score (nSPS) is 16.1. The van der Waals surface area contributed by atoms with Gasteiger partial charge in [0.25, 0.3) is 10.1 Å². The van der Waals surface area contributed by atoms with Gasteiger partial charge in [-0.05, 0) is 13.8 Å². The topological polar surface area (TPSA) is 18.5 Å². The highest BCUT2D eigenvalue weighted by atomic mass is 35.7. The van der Waals surface area contributed by atoms with Gasteiger partial charge in [-0.2, -0.15) is 96.6 Å². The lowest BCUT2D eigenvalue weighted by molar-refractivity contribution is -0.414. The minimum absolute atomic E-state index is 0.601. The molecule has 44 heavy (non-hydrogen) atoms. The third kappa shape index (κ3) is 7.34. The molecule has 0 atom stereocenters. The van der Waals surface area contributed by atoms with Gasteiger partial charge in [0.1, 0.15) is 0 Å². The van der Waals surface area contributed by atoms with Crippen LogP contribution in [0.4, 0.5) is 96.6 Å². The summed E-state index contributed by atoms with van der Waals surface area (Å²) in [5, 5.41) is -13.5. The molecule has 0 aromatic heterocycles. The molecular weight excluding hydrogens is 816 g/mol. The molecule has 0 rings (SSSR count). The summed E-state index contributed by atoms with van der Waals surface area (Å²) in [7, 11) is 0. The Hall–Kier alpha value is -0.0262. The minimum atomic E-state index is -7.89. The Labute approximate surface area is 249 Å². The molecule has 0 bridgehead atoms. The van der Waals surface area contributed by atoms with E-state index >= 15 is 0 Å². The van der Waals surface area contributed by atoms with Crippen LogP contribution in [-0.2, 0) is 8.85 Å². The van der Waals surface area contributed by atoms with E-state index in [4.69, 9.17) is 22.2 Å². The lowest BCUT2D eigenvalue weighted by atomic mass is 9.92. The highest BCUT2D eigenvalue weighted by Crippen LogP contribution is 2.75. The number of alkyl halides is 22. The minimum Gasteiger partial charge on any atom is -0.392 e. The molecule has 0 aromatic rings. The van der Waals surface area contributed by atoms with E-state index in [1.54, 1.807) is 0 Å². The average Bonchev–Trinajstić information content (AvgIpc) is 2.60. The fourth-order valence-corrected chi connectivity index (χ4v) is 11.6. The van der Waals surface area contributed by atoms with E-state index < -0.39 is 86.1 Å². The van der Waals surface area contributed by atoms with Crippen LogP contribution in [0.5, 0.6) is 0 Å². The summed E-state index contributed by atoms with van der Waals surface area (Å²) in [6.45, 7) is -14.2. The Morgan fingerprint density at radius 3 is 0.727 bits per heavy atom. The Morgan fingerprint density at radius 2 is 0.568 bits per heavy atom. The van der Waals surface area contributed by atoms with Crippen molar-refractivity contribution in [2.45, 2.75) is 72.8 Å². The van der Waals surface area contributed by atoms with Gasteiger partial charge in [0.05, 0.1) is 0 Å². The summed E-state index contributed by atoms with van der Waals surface area (Å²) in [6, 6.07) is 0. The summed E-state index contributed by atoms with van der Waals surface area (Å²) in [4.78, 5) is 0. The van der Waals surface area contributed by atoms with Crippen molar-refractivity contribution in [1.82, 2.24) is 0 Å². The van der Waals surface area contributed by atoms with Gasteiger partial charge in [0, 0.05) is 13.2 Å². The Bertz CT molecular complexity index is 899. The van der Waals surface area contributed by atoms with Crippen molar-refractivity contribution in [2.24, 2.45) is 0 Å². The first-order valence-electron chi connectivity index (χ1n) is 9.81. The van der Waals surface area contributed by atoms with E-state index in [2.05, 4.69) is 31.0 Å². The first kappa shape index (κ1) is 46.1. The third-order valence-corrected chi connectivity index (χ3v) is 14.4. The van der Waals surface area contributed by atoms with E-state index in [0.29, 0.717) is 6.92 Å². The van der Waals surface area contributed by atoms with Gasteiger partial charge in [-0.1, -0.05) is 0 Å². The maximum Gasteiger partial charge on any atom is 0.459 e. The molecule has 30 heteroatoms. The van der Waals surface area contributed by atoms with Crippen LogP contribution in [0, 0.1) is 0 Å². The van der Waals surface area contributed by atoms with Crippen LogP contribution < -0.4 is 0 Å². The highest BCUT2D eigenvalue weighted by molar-refractivity contribution is 7.44. The molecule has 0 fully saturated rings. The Balaban J connectivity index is 0. The second kappa shape index (κ2) is 13.1. The lowest BCUT2D eigenvalue weighted by Crippen LogP contribution is -2.73. The summed E-state index contributed by atoms with van der Waals surface area (Å²) in [6.07, 6.45) is -42.9. The molecule has 0 N–H and O–H groups in total. The molecule has 2 nitrogen and oxygen atoms in total. The second-order valence-corrected chi connectivity index (χ2v) is 19.2.